The van der Waals surface area contributed by atoms with E-state index in [1.165, 1.54) is 0 Å². The van der Waals surface area contributed by atoms with Crippen LogP contribution in [0.3, 0.4) is 0 Å². The van der Waals surface area contributed by atoms with Crippen LogP contribution in [0.15, 0.2) is 23.8 Å². The minimum absolute atomic E-state index is 0.119. The maximum Gasteiger partial charge on any atom is 0.272 e. The Labute approximate surface area is 180 Å². The summed E-state index contributed by atoms with van der Waals surface area (Å²) in [6.07, 6.45) is 4.51. The molecule has 1 aliphatic heterocycles. The normalized spacial score (nSPS) is 15.7. The van der Waals surface area contributed by atoms with Crippen LogP contribution in [0.4, 0.5) is 5.82 Å². The second kappa shape index (κ2) is 7.96. The molecule has 4 heterocycles. The molecule has 0 saturated carbocycles. The first-order valence-corrected chi connectivity index (χ1v) is 11.2. The summed E-state index contributed by atoms with van der Waals surface area (Å²) in [5.74, 6) is 1.12. The summed E-state index contributed by atoms with van der Waals surface area (Å²) in [5.41, 5.74) is 1.04. The molecular formula is C21H28N6O2S. The molecule has 8 nitrogen and oxygen atoms in total. The fourth-order valence-corrected chi connectivity index (χ4v) is 4.69. The smallest absolute Gasteiger partial charge is 0.272 e. The number of carbonyl (C=O) groups excluding carboxylic acids is 1. The SMILES string of the molecule is CCN(c1cc(C(=O)N2CCC(O)CC2)nc(-c2cnn3ccsc23)n1)C(C)(C)C. The lowest BCUT2D eigenvalue weighted by atomic mass is 10.1. The average Bonchev–Trinajstić information content (AvgIpc) is 3.31. The Morgan fingerprint density at radius 2 is 2.03 bits per heavy atom. The average molecular weight is 429 g/mol. The molecule has 0 aliphatic carbocycles. The van der Waals surface area contributed by atoms with Crippen LogP contribution in [0.1, 0.15) is 51.0 Å². The number of likely N-dealkylation sites (tertiary alicyclic amines) is 1. The number of thiazole rings is 1. The molecule has 9 heteroatoms. The standard InChI is InChI=1S/C21H28N6O2S/c1-5-26(21(2,3)4)17-12-16(19(29)25-8-6-14(28)7-9-25)23-18(24-17)15-13-22-27-10-11-30-20(15)27/h10-14,28H,5-9H2,1-4H3. The van der Waals surface area contributed by atoms with Crippen LogP contribution in [-0.4, -0.2) is 66.8 Å². The molecule has 0 spiro atoms. The van der Waals surface area contributed by atoms with Crippen molar-refractivity contribution in [2.45, 2.75) is 52.2 Å². The third-order valence-electron chi connectivity index (χ3n) is 5.46. The highest BCUT2D eigenvalue weighted by Crippen LogP contribution is 2.29. The number of carbonyl (C=O) groups is 1. The minimum atomic E-state index is -0.332. The molecular weight excluding hydrogens is 400 g/mol. The molecule has 3 aromatic rings. The van der Waals surface area contributed by atoms with Gasteiger partial charge in [0.2, 0.25) is 0 Å². The van der Waals surface area contributed by atoms with E-state index in [1.807, 2.05) is 11.6 Å². The van der Waals surface area contributed by atoms with Crippen molar-refractivity contribution in [3.8, 4) is 11.4 Å². The first kappa shape index (κ1) is 20.7. The topological polar surface area (TPSA) is 86.9 Å². The number of amides is 1. The number of fused-ring (bicyclic) bond motifs is 1. The maximum absolute atomic E-state index is 13.3. The predicted molar refractivity (Wildman–Crippen MR) is 118 cm³/mol. The van der Waals surface area contributed by atoms with Crippen molar-refractivity contribution >= 4 is 27.9 Å². The first-order valence-electron chi connectivity index (χ1n) is 10.3. The summed E-state index contributed by atoms with van der Waals surface area (Å²) < 4.78 is 1.80. The Morgan fingerprint density at radius 3 is 2.70 bits per heavy atom. The van der Waals surface area contributed by atoms with Gasteiger partial charge >= 0.3 is 0 Å². The van der Waals surface area contributed by atoms with Gasteiger partial charge in [-0.15, -0.1) is 11.3 Å². The van der Waals surface area contributed by atoms with Gasteiger partial charge in [-0.1, -0.05) is 0 Å². The van der Waals surface area contributed by atoms with E-state index in [2.05, 4.69) is 42.7 Å². The number of hydrogen-bond acceptors (Lipinski definition) is 7. The molecule has 3 aromatic heterocycles. The minimum Gasteiger partial charge on any atom is -0.393 e. The van der Waals surface area contributed by atoms with E-state index in [0.29, 0.717) is 37.4 Å². The summed E-state index contributed by atoms with van der Waals surface area (Å²) in [5, 5.41) is 16.1. The summed E-state index contributed by atoms with van der Waals surface area (Å²) >= 11 is 1.57. The summed E-state index contributed by atoms with van der Waals surface area (Å²) in [4.78, 5) is 27.7. The highest BCUT2D eigenvalue weighted by molar-refractivity contribution is 7.16. The number of piperidine rings is 1. The van der Waals surface area contributed by atoms with Gasteiger partial charge in [-0.2, -0.15) is 5.10 Å². The second-order valence-electron chi connectivity index (χ2n) is 8.58. The van der Waals surface area contributed by atoms with Gasteiger partial charge in [0.1, 0.15) is 16.3 Å². The van der Waals surface area contributed by atoms with Crippen LogP contribution in [-0.2, 0) is 0 Å². The highest BCUT2D eigenvalue weighted by Gasteiger charge is 2.28. The zero-order valence-electron chi connectivity index (χ0n) is 17.9. The fraction of sp³-hybridized carbons (Fsp3) is 0.524. The summed E-state index contributed by atoms with van der Waals surface area (Å²) in [6, 6.07) is 1.79. The van der Waals surface area contributed by atoms with Crippen molar-refractivity contribution in [3.63, 3.8) is 0 Å². The van der Waals surface area contributed by atoms with Crippen LogP contribution in [0.5, 0.6) is 0 Å². The molecule has 0 aromatic carbocycles. The van der Waals surface area contributed by atoms with E-state index in [4.69, 9.17) is 4.98 Å². The summed E-state index contributed by atoms with van der Waals surface area (Å²) in [6.45, 7) is 10.3. The van der Waals surface area contributed by atoms with Crippen molar-refractivity contribution in [1.82, 2.24) is 24.5 Å². The van der Waals surface area contributed by atoms with E-state index in [9.17, 15) is 9.90 Å². The Balaban J connectivity index is 1.80. The van der Waals surface area contributed by atoms with E-state index in [1.54, 1.807) is 33.0 Å². The van der Waals surface area contributed by atoms with Gasteiger partial charge in [0.25, 0.3) is 5.91 Å². The number of anilines is 1. The second-order valence-corrected chi connectivity index (χ2v) is 9.48. The Bertz CT molecular complexity index is 1050. The molecule has 30 heavy (non-hydrogen) atoms. The van der Waals surface area contributed by atoms with Crippen LogP contribution in [0.2, 0.25) is 0 Å². The number of rotatable bonds is 4. The lowest BCUT2D eigenvalue weighted by Gasteiger charge is -2.36. The number of aliphatic hydroxyl groups excluding tert-OH is 1. The van der Waals surface area contributed by atoms with Gasteiger partial charge in [0, 0.05) is 42.8 Å². The third kappa shape index (κ3) is 3.91. The molecule has 0 unspecified atom stereocenters. The zero-order chi connectivity index (χ0) is 21.5. The molecule has 1 N–H and O–H groups in total. The molecule has 1 amide bonds. The van der Waals surface area contributed by atoms with Gasteiger partial charge in [-0.25, -0.2) is 14.5 Å². The Kier molecular flexibility index (Phi) is 5.50. The predicted octanol–water partition coefficient (Wildman–Crippen LogP) is 3.07. The molecule has 160 valence electrons. The Morgan fingerprint density at radius 1 is 1.30 bits per heavy atom. The maximum atomic E-state index is 13.3. The molecule has 0 bridgehead atoms. The molecule has 1 aliphatic rings. The van der Waals surface area contributed by atoms with Gasteiger partial charge in [0.15, 0.2) is 5.82 Å². The lowest BCUT2D eigenvalue weighted by molar-refractivity contribution is 0.0541. The van der Waals surface area contributed by atoms with Crippen molar-refractivity contribution < 1.29 is 9.90 Å². The largest absolute Gasteiger partial charge is 0.393 e. The number of hydrogen-bond donors (Lipinski definition) is 1. The molecule has 4 rings (SSSR count). The van der Waals surface area contributed by atoms with E-state index in [-0.39, 0.29) is 17.6 Å². The van der Waals surface area contributed by atoms with E-state index < -0.39 is 0 Å². The van der Waals surface area contributed by atoms with Crippen LogP contribution >= 0.6 is 11.3 Å². The molecule has 1 fully saturated rings. The van der Waals surface area contributed by atoms with Crippen molar-refractivity contribution in [1.29, 1.82) is 0 Å². The van der Waals surface area contributed by atoms with Gasteiger partial charge in [-0.3, -0.25) is 4.79 Å². The van der Waals surface area contributed by atoms with E-state index in [0.717, 1.165) is 22.8 Å². The van der Waals surface area contributed by atoms with Crippen molar-refractivity contribution in [2.24, 2.45) is 0 Å². The first-order chi connectivity index (χ1) is 14.3. The van der Waals surface area contributed by atoms with E-state index >= 15 is 0 Å². The quantitative estimate of drug-likeness (QED) is 0.687. The molecule has 0 radical (unpaired) electrons. The fourth-order valence-electron chi connectivity index (χ4n) is 3.89. The molecule has 0 atom stereocenters. The highest BCUT2D eigenvalue weighted by atomic mass is 32.1. The van der Waals surface area contributed by atoms with Gasteiger partial charge < -0.3 is 14.9 Å². The van der Waals surface area contributed by atoms with Crippen molar-refractivity contribution in [3.05, 3.63) is 29.5 Å². The third-order valence-corrected chi connectivity index (χ3v) is 6.35. The lowest BCUT2D eigenvalue weighted by Crippen LogP contribution is -2.43. The van der Waals surface area contributed by atoms with Gasteiger partial charge in [0.05, 0.1) is 17.9 Å². The number of aromatic nitrogens is 4. The van der Waals surface area contributed by atoms with Gasteiger partial charge in [-0.05, 0) is 40.5 Å². The van der Waals surface area contributed by atoms with Crippen LogP contribution < -0.4 is 4.90 Å². The summed E-state index contributed by atoms with van der Waals surface area (Å²) in [7, 11) is 0. The van der Waals surface area contributed by atoms with Crippen molar-refractivity contribution in [2.75, 3.05) is 24.5 Å². The molecule has 1 saturated heterocycles. The van der Waals surface area contributed by atoms with Crippen LogP contribution in [0, 0.1) is 0 Å². The monoisotopic (exact) mass is 428 g/mol. The zero-order valence-corrected chi connectivity index (χ0v) is 18.7. The number of aliphatic hydroxyl groups is 1. The number of nitrogens with zero attached hydrogens (tertiary/aromatic N) is 6. The van der Waals surface area contributed by atoms with Crippen LogP contribution in [0.25, 0.3) is 16.2 Å². The Hall–Kier alpha value is -2.52.